The fourth-order valence-electron chi connectivity index (χ4n) is 6.49. The Bertz CT molecular complexity index is 1910. The summed E-state index contributed by atoms with van der Waals surface area (Å²) in [6.45, 7) is 8.99. The van der Waals surface area contributed by atoms with Gasteiger partial charge in [0.15, 0.2) is 5.82 Å². The van der Waals surface area contributed by atoms with Gasteiger partial charge >= 0.3 is 0 Å². The van der Waals surface area contributed by atoms with Crippen molar-refractivity contribution in [3.05, 3.63) is 89.9 Å². The van der Waals surface area contributed by atoms with Crippen LogP contribution >= 0.6 is 0 Å². The maximum Gasteiger partial charge on any atom is 0.224 e. The Balaban J connectivity index is 1.66. The van der Waals surface area contributed by atoms with E-state index in [0.717, 1.165) is 49.5 Å². The van der Waals surface area contributed by atoms with Gasteiger partial charge in [-0.05, 0) is 64.7 Å². The molecule has 36 heavy (non-hydrogen) atoms. The lowest BCUT2D eigenvalue weighted by Crippen LogP contribution is -2.50. The summed E-state index contributed by atoms with van der Waals surface area (Å²) in [5.74, 6) is -0.160. The number of aryl methyl sites for hydroxylation is 2. The van der Waals surface area contributed by atoms with Crippen LogP contribution in [0.2, 0.25) is 13.1 Å². The third-order valence-electron chi connectivity index (χ3n) is 8.30. The Hall–Kier alpha value is -3.76. The molecular formula is C32H27FNOSi+. The Kier molecular flexibility index (Phi) is 4.27. The second-order valence-electron chi connectivity index (χ2n) is 10.7. The van der Waals surface area contributed by atoms with Crippen LogP contribution in [0.25, 0.3) is 55.1 Å². The minimum absolute atomic E-state index is 0.160. The van der Waals surface area contributed by atoms with E-state index in [1.807, 2.05) is 29.8 Å². The van der Waals surface area contributed by atoms with Crippen molar-refractivity contribution in [3.63, 3.8) is 0 Å². The summed E-state index contributed by atoms with van der Waals surface area (Å²) in [7, 11) is -0.153. The number of hydrogen-bond acceptors (Lipinski definition) is 1. The molecule has 0 amide bonds. The SMILES string of the molecule is Cc1cc2c(oc3ccccc32)c(-c2c3ccc4c(c3c(F)c[n+]2C)[Si](C)(C)c2ccccc2-4)c1C. The van der Waals surface area contributed by atoms with E-state index in [4.69, 9.17) is 4.42 Å². The van der Waals surface area contributed by atoms with Crippen LogP contribution < -0.4 is 14.9 Å². The van der Waals surface area contributed by atoms with E-state index >= 15 is 4.39 Å². The Labute approximate surface area is 210 Å². The molecule has 4 heteroatoms. The number of fused-ring (bicyclic) bond motifs is 8. The van der Waals surface area contributed by atoms with Crippen molar-refractivity contribution in [2.45, 2.75) is 26.9 Å². The maximum absolute atomic E-state index is 16.0. The van der Waals surface area contributed by atoms with E-state index in [1.54, 1.807) is 6.20 Å². The number of halogens is 1. The Morgan fingerprint density at radius 2 is 1.58 bits per heavy atom. The lowest BCUT2D eigenvalue weighted by Gasteiger charge is -2.21. The van der Waals surface area contributed by atoms with E-state index in [9.17, 15) is 0 Å². The van der Waals surface area contributed by atoms with Crippen molar-refractivity contribution < 1.29 is 13.4 Å². The molecule has 7 rings (SSSR count). The molecule has 0 saturated heterocycles. The number of pyridine rings is 1. The van der Waals surface area contributed by atoms with Crippen molar-refractivity contribution in [2.24, 2.45) is 7.05 Å². The normalized spacial score (nSPS) is 14.1. The molecule has 176 valence electrons. The number of benzene rings is 4. The summed E-state index contributed by atoms with van der Waals surface area (Å²) < 4.78 is 24.4. The summed E-state index contributed by atoms with van der Waals surface area (Å²) in [4.78, 5) is 0. The first kappa shape index (κ1) is 21.5. The van der Waals surface area contributed by atoms with Crippen molar-refractivity contribution in [1.29, 1.82) is 0 Å². The summed E-state index contributed by atoms with van der Waals surface area (Å²) in [5.41, 5.74) is 8.58. The zero-order chi connectivity index (χ0) is 24.9. The summed E-state index contributed by atoms with van der Waals surface area (Å²) in [6, 6.07) is 23.4. The molecule has 0 N–H and O–H groups in total. The number of rotatable bonds is 1. The predicted octanol–water partition coefficient (Wildman–Crippen LogP) is 6.79. The van der Waals surface area contributed by atoms with Gasteiger partial charge in [-0.15, -0.1) is 0 Å². The van der Waals surface area contributed by atoms with E-state index in [-0.39, 0.29) is 5.82 Å². The first-order valence-electron chi connectivity index (χ1n) is 12.5. The van der Waals surface area contributed by atoms with Crippen molar-refractivity contribution >= 4 is 51.2 Å². The van der Waals surface area contributed by atoms with Crippen LogP contribution in [0.15, 0.2) is 77.3 Å². The van der Waals surface area contributed by atoms with Gasteiger partial charge in [0.05, 0.1) is 10.9 Å². The molecule has 0 bridgehead atoms. The highest BCUT2D eigenvalue weighted by Gasteiger charge is 2.40. The van der Waals surface area contributed by atoms with Crippen molar-refractivity contribution in [1.82, 2.24) is 0 Å². The lowest BCUT2D eigenvalue weighted by atomic mass is 9.92. The van der Waals surface area contributed by atoms with Crippen molar-refractivity contribution in [2.75, 3.05) is 0 Å². The minimum atomic E-state index is -2.10. The largest absolute Gasteiger partial charge is 0.455 e. The fraction of sp³-hybridized carbons (Fsp3) is 0.156. The van der Waals surface area contributed by atoms with Crippen LogP contribution in [-0.4, -0.2) is 8.07 Å². The number of hydrogen-bond donors (Lipinski definition) is 0. The van der Waals surface area contributed by atoms with Gasteiger partial charge in [-0.25, -0.2) is 0 Å². The number of para-hydroxylation sites is 1. The molecule has 4 aromatic carbocycles. The summed E-state index contributed by atoms with van der Waals surface area (Å²) >= 11 is 0. The van der Waals surface area contributed by atoms with Crippen LogP contribution in [0.5, 0.6) is 0 Å². The number of nitrogens with zero attached hydrogens (tertiary/aromatic N) is 1. The minimum Gasteiger partial charge on any atom is -0.455 e. The zero-order valence-electron chi connectivity index (χ0n) is 21.2. The zero-order valence-corrected chi connectivity index (χ0v) is 22.2. The highest BCUT2D eigenvalue weighted by molar-refractivity contribution is 7.05. The summed E-state index contributed by atoms with van der Waals surface area (Å²) in [6.07, 6.45) is 1.65. The van der Waals surface area contributed by atoms with Crippen LogP contribution in [0, 0.1) is 19.7 Å². The molecule has 2 nitrogen and oxygen atoms in total. The molecule has 0 fully saturated rings. The van der Waals surface area contributed by atoms with E-state index in [0.29, 0.717) is 0 Å². The van der Waals surface area contributed by atoms with E-state index < -0.39 is 8.07 Å². The van der Waals surface area contributed by atoms with Gasteiger partial charge in [0, 0.05) is 16.2 Å². The first-order chi connectivity index (χ1) is 17.3. The molecule has 0 spiro atoms. The molecule has 0 saturated carbocycles. The van der Waals surface area contributed by atoms with Gasteiger partial charge in [-0.3, -0.25) is 0 Å². The standard InChI is InChI=1S/C32H27FNOSi/c1-18-16-24-20-10-6-8-12-26(20)35-31(24)28(19(18)2)30-23-15-14-22-21-11-7-9-13-27(21)36(4,5)32(22)29(23)25(33)17-34(30)3/h6-17H,1-5H3/q+1. The molecule has 3 heterocycles. The number of furan rings is 1. The molecule has 2 aromatic heterocycles. The van der Waals surface area contributed by atoms with Crippen molar-refractivity contribution in [3.8, 4) is 22.4 Å². The van der Waals surface area contributed by atoms with Gasteiger partial charge < -0.3 is 4.42 Å². The maximum atomic E-state index is 16.0. The fourth-order valence-corrected chi connectivity index (χ4v) is 9.94. The van der Waals surface area contributed by atoms with Gasteiger partial charge in [0.25, 0.3) is 0 Å². The molecule has 1 aliphatic heterocycles. The molecule has 0 unspecified atom stereocenters. The van der Waals surface area contributed by atoms with Gasteiger partial charge in [0.1, 0.15) is 26.3 Å². The molecule has 6 aromatic rings. The second-order valence-corrected chi connectivity index (χ2v) is 15.0. The van der Waals surface area contributed by atoms with Gasteiger partial charge in [-0.1, -0.05) is 61.6 Å². The monoisotopic (exact) mass is 488 g/mol. The van der Waals surface area contributed by atoms with Crippen LogP contribution in [-0.2, 0) is 7.05 Å². The van der Waals surface area contributed by atoms with Crippen LogP contribution in [0.4, 0.5) is 4.39 Å². The third kappa shape index (κ3) is 2.62. The first-order valence-corrected chi connectivity index (χ1v) is 15.5. The van der Waals surface area contributed by atoms with E-state index in [2.05, 4.69) is 75.5 Å². The van der Waals surface area contributed by atoms with E-state index in [1.165, 1.54) is 27.1 Å². The highest BCUT2D eigenvalue weighted by Crippen LogP contribution is 2.42. The summed E-state index contributed by atoms with van der Waals surface area (Å²) in [5, 5.41) is 6.50. The average Bonchev–Trinajstić information content (AvgIpc) is 3.34. The van der Waals surface area contributed by atoms with Crippen LogP contribution in [0.3, 0.4) is 0 Å². The molecule has 1 aliphatic rings. The van der Waals surface area contributed by atoms with Crippen LogP contribution in [0.1, 0.15) is 11.1 Å². The van der Waals surface area contributed by atoms with Gasteiger partial charge in [0.2, 0.25) is 11.9 Å². The molecular weight excluding hydrogens is 461 g/mol. The average molecular weight is 489 g/mol. The molecule has 0 atom stereocenters. The van der Waals surface area contributed by atoms with Gasteiger partial charge in [-0.2, -0.15) is 8.96 Å². The topological polar surface area (TPSA) is 17.0 Å². The lowest BCUT2D eigenvalue weighted by molar-refractivity contribution is -0.660. The predicted molar refractivity (Wildman–Crippen MR) is 149 cm³/mol. The number of aromatic nitrogens is 1. The second kappa shape index (κ2) is 7.14. The molecule has 0 aliphatic carbocycles. The smallest absolute Gasteiger partial charge is 0.224 e. The molecule has 0 radical (unpaired) electrons. The third-order valence-corrected chi connectivity index (χ3v) is 11.9. The Morgan fingerprint density at radius 3 is 2.42 bits per heavy atom. The Morgan fingerprint density at radius 1 is 0.833 bits per heavy atom. The highest BCUT2D eigenvalue weighted by atomic mass is 28.3. The quantitative estimate of drug-likeness (QED) is 0.184.